The van der Waals surface area contributed by atoms with E-state index in [0.29, 0.717) is 28.3 Å². The van der Waals surface area contributed by atoms with Gasteiger partial charge in [0.2, 0.25) is 0 Å². The fourth-order valence-corrected chi connectivity index (χ4v) is 3.10. The molecule has 1 saturated carbocycles. The Morgan fingerprint density at radius 1 is 1.45 bits per heavy atom. The molecule has 0 amide bonds. The number of nitrogens with one attached hydrogen (secondary N) is 1. The van der Waals surface area contributed by atoms with Crippen LogP contribution in [-0.4, -0.2) is 28.2 Å². The molecule has 2 N–H and O–H groups in total. The quantitative estimate of drug-likeness (QED) is 0.901. The molecule has 5 nitrogen and oxygen atoms in total. The van der Waals surface area contributed by atoms with Crippen LogP contribution in [0.15, 0.2) is 6.07 Å². The van der Waals surface area contributed by atoms with Gasteiger partial charge in [-0.05, 0) is 31.4 Å². The normalized spacial score (nSPS) is 15.9. The smallest absolute Gasteiger partial charge is 0.338 e. The summed E-state index contributed by atoms with van der Waals surface area (Å²) in [5, 5.41) is 9.41. The van der Waals surface area contributed by atoms with Crippen LogP contribution in [0.5, 0.6) is 5.75 Å². The summed E-state index contributed by atoms with van der Waals surface area (Å²) in [7, 11) is 1.59. The summed E-state index contributed by atoms with van der Waals surface area (Å²) in [6.45, 7) is 1.77. The van der Waals surface area contributed by atoms with E-state index in [1.807, 2.05) is 0 Å². The second-order valence-corrected chi connectivity index (χ2v) is 5.40. The minimum absolute atomic E-state index is 0.265. The average molecular weight is 274 g/mol. The molecule has 0 saturated heterocycles. The number of aryl methyl sites for hydroxylation is 1. The Balaban J connectivity index is 2.23. The molecule has 1 fully saturated rings. The summed E-state index contributed by atoms with van der Waals surface area (Å²) >= 11 is 0. The summed E-state index contributed by atoms with van der Waals surface area (Å²) in [5.74, 6) is 1.01. The largest absolute Gasteiger partial charge is 0.494 e. The van der Waals surface area contributed by atoms with Crippen molar-refractivity contribution in [3.63, 3.8) is 0 Å². The molecular weight excluding hydrogens is 256 g/mol. The summed E-state index contributed by atoms with van der Waals surface area (Å²) in [5.41, 5.74) is 2.14. The zero-order chi connectivity index (χ0) is 14.3. The van der Waals surface area contributed by atoms with E-state index in [0.717, 1.165) is 18.7 Å². The molecule has 0 radical (unpaired) electrons. The zero-order valence-electron chi connectivity index (χ0n) is 11.7. The third-order valence-corrected chi connectivity index (χ3v) is 4.12. The lowest BCUT2D eigenvalue weighted by atomic mass is 10.1. The van der Waals surface area contributed by atoms with Gasteiger partial charge in [-0.25, -0.2) is 9.78 Å². The highest BCUT2D eigenvalue weighted by molar-refractivity contribution is 6.04. The third kappa shape index (κ3) is 1.94. The summed E-state index contributed by atoms with van der Waals surface area (Å²) in [4.78, 5) is 19.3. The minimum Gasteiger partial charge on any atom is -0.494 e. The Morgan fingerprint density at radius 2 is 2.15 bits per heavy atom. The first kappa shape index (κ1) is 13.0. The molecule has 106 valence electrons. The van der Waals surface area contributed by atoms with Gasteiger partial charge in [0, 0.05) is 5.92 Å². The van der Waals surface area contributed by atoms with Crippen LogP contribution in [0, 0.1) is 6.92 Å². The predicted octanol–water partition coefficient (Wildman–Crippen LogP) is 3.24. The lowest BCUT2D eigenvalue weighted by Crippen LogP contribution is -2.02. The molecular formula is C15H18N2O3. The molecule has 0 unspecified atom stereocenters. The minimum atomic E-state index is -0.945. The number of fused-ring (bicyclic) bond motifs is 1. The number of nitrogens with zero attached hydrogens (tertiary/aromatic N) is 1. The number of imidazole rings is 1. The number of aromatic nitrogens is 2. The SMILES string of the molecule is COc1cc(C)c(C(=O)O)c2nc(C3CCCC3)[nH]c12. The highest BCUT2D eigenvalue weighted by Gasteiger charge is 2.24. The lowest BCUT2D eigenvalue weighted by molar-refractivity contribution is 0.0698. The Morgan fingerprint density at radius 3 is 2.75 bits per heavy atom. The van der Waals surface area contributed by atoms with Crippen LogP contribution in [0.1, 0.15) is 53.3 Å². The van der Waals surface area contributed by atoms with Crippen LogP contribution in [-0.2, 0) is 0 Å². The van der Waals surface area contributed by atoms with Gasteiger partial charge in [0.25, 0.3) is 0 Å². The molecule has 1 aromatic heterocycles. The van der Waals surface area contributed by atoms with Crippen LogP contribution in [0.4, 0.5) is 0 Å². The molecule has 0 spiro atoms. The van der Waals surface area contributed by atoms with Crippen molar-refractivity contribution in [1.82, 2.24) is 9.97 Å². The Bertz CT molecular complexity index is 669. The highest BCUT2D eigenvalue weighted by Crippen LogP contribution is 2.36. The van der Waals surface area contributed by atoms with Crippen molar-refractivity contribution in [3.8, 4) is 5.75 Å². The molecule has 0 aliphatic heterocycles. The summed E-state index contributed by atoms with van der Waals surface area (Å²) in [6, 6.07) is 1.75. The second kappa shape index (κ2) is 4.81. The molecule has 2 aromatic rings. The molecule has 5 heteroatoms. The van der Waals surface area contributed by atoms with E-state index < -0.39 is 5.97 Å². The highest BCUT2D eigenvalue weighted by atomic mass is 16.5. The van der Waals surface area contributed by atoms with E-state index in [1.54, 1.807) is 20.1 Å². The van der Waals surface area contributed by atoms with Gasteiger partial charge in [0.15, 0.2) is 0 Å². The standard InChI is InChI=1S/C15H18N2O3/c1-8-7-10(20-2)12-13(11(8)15(18)19)17-14(16-12)9-5-3-4-6-9/h7,9H,3-6H2,1-2H3,(H,16,17)(H,18,19). The molecule has 0 bridgehead atoms. The van der Waals surface area contributed by atoms with Crippen LogP contribution >= 0.6 is 0 Å². The zero-order valence-corrected chi connectivity index (χ0v) is 11.7. The second-order valence-electron chi connectivity index (χ2n) is 5.40. The Kier molecular flexibility index (Phi) is 3.12. The van der Waals surface area contributed by atoms with Crippen LogP contribution < -0.4 is 4.74 Å². The first-order valence-electron chi connectivity index (χ1n) is 6.92. The van der Waals surface area contributed by atoms with Crippen LogP contribution in [0.2, 0.25) is 0 Å². The number of H-pyrrole nitrogens is 1. The number of rotatable bonds is 3. The van der Waals surface area contributed by atoms with Crippen molar-refractivity contribution in [2.24, 2.45) is 0 Å². The van der Waals surface area contributed by atoms with Gasteiger partial charge in [-0.3, -0.25) is 0 Å². The van der Waals surface area contributed by atoms with Crippen molar-refractivity contribution in [3.05, 3.63) is 23.0 Å². The number of carbonyl (C=O) groups is 1. The molecule has 20 heavy (non-hydrogen) atoms. The maximum atomic E-state index is 11.5. The summed E-state index contributed by atoms with van der Waals surface area (Å²) < 4.78 is 5.35. The molecule has 1 aliphatic rings. The van der Waals surface area contributed by atoms with Crippen LogP contribution in [0.3, 0.4) is 0 Å². The first-order valence-corrected chi connectivity index (χ1v) is 6.92. The fraction of sp³-hybridized carbons (Fsp3) is 0.467. The number of methoxy groups -OCH3 is 1. The van der Waals surface area contributed by atoms with Gasteiger partial charge in [-0.2, -0.15) is 0 Å². The number of ether oxygens (including phenoxy) is 1. The topological polar surface area (TPSA) is 75.2 Å². The van der Waals surface area contributed by atoms with Gasteiger partial charge in [0.05, 0.1) is 12.7 Å². The Labute approximate surface area is 117 Å². The number of carboxylic acids is 1. The van der Waals surface area contributed by atoms with E-state index in [9.17, 15) is 9.90 Å². The number of hydrogen-bond acceptors (Lipinski definition) is 3. The van der Waals surface area contributed by atoms with Gasteiger partial charge >= 0.3 is 5.97 Å². The monoisotopic (exact) mass is 274 g/mol. The number of carboxylic acid groups (broad SMARTS) is 1. The maximum Gasteiger partial charge on any atom is 0.338 e. The molecule has 1 heterocycles. The van der Waals surface area contributed by atoms with Gasteiger partial charge in [0.1, 0.15) is 22.6 Å². The van der Waals surface area contributed by atoms with Crippen molar-refractivity contribution in [1.29, 1.82) is 0 Å². The van der Waals surface area contributed by atoms with Gasteiger partial charge < -0.3 is 14.8 Å². The number of aromatic carboxylic acids is 1. The molecule has 1 aliphatic carbocycles. The number of hydrogen-bond donors (Lipinski definition) is 2. The molecule has 3 rings (SSSR count). The maximum absolute atomic E-state index is 11.5. The first-order chi connectivity index (χ1) is 9.61. The van der Waals surface area contributed by atoms with Crippen molar-refractivity contribution in [2.75, 3.05) is 7.11 Å². The van der Waals surface area contributed by atoms with Crippen molar-refractivity contribution in [2.45, 2.75) is 38.5 Å². The van der Waals surface area contributed by atoms with Crippen molar-refractivity contribution < 1.29 is 14.6 Å². The predicted molar refractivity (Wildman–Crippen MR) is 75.6 cm³/mol. The van der Waals surface area contributed by atoms with Crippen molar-refractivity contribution >= 4 is 17.0 Å². The van der Waals surface area contributed by atoms with Gasteiger partial charge in [-0.1, -0.05) is 12.8 Å². The van der Waals surface area contributed by atoms with Gasteiger partial charge in [-0.15, -0.1) is 0 Å². The fourth-order valence-electron chi connectivity index (χ4n) is 3.10. The molecule has 1 aromatic carbocycles. The van der Waals surface area contributed by atoms with Crippen LogP contribution in [0.25, 0.3) is 11.0 Å². The molecule has 0 atom stereocenters. The van der Waals surface area contributed by atoms with E-state index in [2.05, 4.69) is 9.97 Å². The lowest BCUT2D eigenvalue weighted by Gasteiger charge is -2.06. The van der Waals surface area contributed by atoms with E-state index >= 15 is 0 Å². The van der Waals surface area contributed by atoms with E-state index in [-0.39, 0.29) is 5.56 Å². The average Bonchev–Trinajstić information content (AvgIpc) is 3.05. The van der Waals surface area contributed by atoms with E-state index in [4.69, 9.17) is 4.74 Å². The van der Waals surface area contributed by atoms with E-state index in [1.165, 1.54) is 12.8 Å². The summed E-state index contributed by atoms with van der Waals surface area (Å²) in [6.07, 6.45) is 4.65. The number of benzene rings is 1. The Hall–Kier alpha value is -2.04. The third-order valence-electron chi connectivity index (χ3n) is 4.12. The number of aromatic amines is 1.